The predicted octanol–water partition coefficient (Wildman–Crippen LogP) is 2.37. The van der Waals surface area contributed by atoms with Crippen LogP contribution in [0, 0.1) is 0 Å². The van der Waals surface area contributed by atoms with Gasteiger partial charge in [0.1, 0.15) is 0 Å². The van der Waals surface area contributed by atoms with E-state index in [2.05, 4.69) is 0 Å². The first-order valence-electron chi connectivity index (χ1n) is 4.32. The molecule has 72 valence electrons. The topological polar surface area (TPSA) is 35.2 Å². The summed E-state index contributed by atoms with van der Waals surface area (Å²) in [6.45, 7) is 1.41. The molecule has 0 aromatic carbocycles. The molecule has 1 saturated heterocycles. The second kappa shape index (κ2) is 3.58. The second-order valence-corrected chi connectivity index (χ2v) is 4.94. The lowest BCUT2D eigenvalue weighted by Gasteiger charge is -2.33. The first-order valence-corrected chi connectivity index (χ1v) is 5.58. The smallest absolute Gasteiger partial charge is 0.0979 e. The molecule has 1 aliphatic rings. The number of ether oxygens (including phenoxy) is 1. The molecule has 1 unspecified atom stereocenters. The lowest BCUT2D eigenvalue weighted by atomic mass is 9.88. The first kappa shape index (κ1) is 9.46. The van der Waals surface area contributed by atoms with Crippen LogP contribution in [-0.4, -0.2) is 13.2 Å². The first-order chi connectivity index (χ1) is 6.22. The Balaban J connectivity index is 2.27. The number of halogens is 1. The highest BCUT2D eigenvalue weighted by molar-refractivity contribution is 7.14. The fraction of sp³-hybridized carbons (Fsp3) is 0.556. The molecule has 2 rings (SSSR count). The van der Waals surface area contributed by atoms with Gasteiger partial charge in [0.25, 0.3) is 0 Å². The average Bonchev–Trinajstić information content (AvgIpc) is 2.53. The summed E-state index contributed by atoms with van der Waals surface area (Å²) in [7, 11) is 0. The van der Waals surface area contributed by atoms with Crippen LogP contribution in [0.25, 0.3) is 0 Å². The van der Waals surface area contributed by atoms with E-state index in [0.29, 0.717) is 6.61 Å². The van der Waals surface area contributed by atoms with Crippen LogP contribution in [0.5, 0.6) is 0 Å². The van der Waals surface area contributed by atoms with E-state index in [1.54, 1.807) is 0 Å². The summed E-state index contributed by atoms with van der Waals surface area (Å²) in [5, 5.41) is 1.97. The maximum Gasteiger partial charge on any atom is 0.0979 e. The molecule has 1 aromatic heterocycles. The predicted molar refractivity (Wildman–Crippen MR) is 55.2 cm³/mol. The highest BCUT2D eigenvalue weighted by Gasteiger charge is 2.32. The lowest BCUT2D eigenvalue weighted by Crippen LogP contribution is -2.44. The Morgan fingerprint density at radius 1 is 1.62 bits per heavy atom. The van der Waals surface area contributed by atoms with Crippen molar-refractivity contribution in [2.75, 3.05) is 13.2 Å². The second-order valence-electron chi connectivity index (χ2n) is 3.42. The number of hydrogen-bond acceptors (Lipinski definition) is 3. The van der Waals surface area contributed by atoms with Crippen molar-refractivity contribution in [2.24, 2.45) is 5.73 Å². The molecule has 1 aliphatic heterocycles. The van der Waals surface area contributed by atoms with Crippen LogP contribution in [0.3, 0.4) is 0 Å². The number of thiophene rings is 1. The quantitative estimate of drug-likeness (QED) is 0.784. The molecule has 1 aromatic rings. The van der Waals surface area contributed by atoms with Gasteiger partial charge in [-0.2, -0.15) is 0 Å². The van der Waals surface area contributed by atoms with E-state index < -0.39 is 0 Å². The van der Waals surface area contributed by atoms with Gasteiger partial charge in [0.05, 0.1) is 16.5 Å². The Morgan fingerprint density at radius 3 is 3.00 bits per heavy atom. The molecule has 0 spiro atoms. The molecule has 0 aliphatic carbocycles. The molecule has 0 bridgehead atoms. The Kier molecular flexibility index (Phi) is 2.60. The maximum atomic E-state index is 6.22. The monoisotopic (exact) mass is 217 g/mol. The van der Waals surface area contributed by atoms with Gasteiger partial charge in [-0.05, 0) is 24.3 Å². The minimum absolute atomic E-state index is 0.352. The van der Waals surface area contributed by atoms with E-state index >= 15 is 0 Å². The third kappa shape index (κ3) is 1.74. The standard InChI is InChI=1S/C9H12ClNOS/c10-8-7(2-5-13-8)9(11)3-1-4-12-6-9/h2,5H,1,3-4,6,11H2. The largest absolute Gasteiger partial charge is 0.379 e. The third-order valence-corrected chi connectivity index (χ3v) is 3.60. The van der Waals surface area contributed by atoms with E-state index in [-0.39, 0.29) is 5.54 Å². The zero-order valence-corrected chi connectivity index (χ0v) is 8.83. The van der Waals surface area contributed by atoms with Crippen molar-refractivity contribution in [1.29, 1.82) is 0 Å². The zero-order valence-electron chi connectivity index (χ0n) is 7.25. The van der Waals surface area contributed by atoms with Crippen molar-refractivity contribution in [3.63, 3.8) is 0 Å². The molecule has 0 amide bonds. The van der Waals surface area contributed by atoms with Gasteiger partial charge in [0, 0.05) is 12.2 Å². The van der Waals surface area contributed by atoms with Crippen molar-refractivity contribution in [3.05, 3.63) is 21.3 Å². The van der Waals surface area contributed by atoms with Crippen LogP contribution in [0.15, 0.2) is 11.4 Å². The van der Waals surface area contributed by atoms with Crippen LogP contribution in [-0.2, 0) is 10.3 Å². The average molecular weight is 218 g/mol. The summed E-state index contributed by atoms with van der Waals surface area (Å²) < 4.78 is 6.18. The van der Waals surface area contributed by atoms with Gasteiger partial charge in [-0.25, -0.2) is 0 Å². The summed E-state index contributed by atoms with van der Waals surface area (Å²) in [5.74, 6) is 0. The Morgan fingerprint density at radius 2 is 2.46 bits per heavy atom. The molecule has 13 heavy (non-hydrogen) atoms. The molecular weight excluding hydrogens is 206 g/mol. The van der Waals surface area contributed by atoms with Gasteiger partial charge in [-0.1, -0.05) is 11.6 Å². The SMILES string of the molecule is NC1(c2ccsc2Cl)CCCOC1. The number of nitrogens with two attached hydrogens (primary N) is 1. The lowest BCUT2D eigenvalue weighted by molar-refractivity contribution is 0.0369. The highest BCUT2D eigenvalue weighted by atomic mass is 35.5. The van der Waals surface area contributed by atoms with E-state index in [0.717, 1.165) is 29.3 Å². The summed E-state index contributed by atoms with van der Waals surface area (Å²) >= 11 is 7.57. The van der Waals surface area contributed by atoms with Gasteiger partial charge in [0.2, 0.25) is 0 Å². The molecule has 2 heterocycles. The van der Waals surface area contributed by atoms with Crippen molar-refractivity contribution in [2.45, 2.75) is 18.4 Å². The van der Waals surface area contributed by atoms with Crippen LogP contribution in [0.2, 0.25) is 4.34 Å². The van der Waals surface area contributed by atoms with Crippen molar-refractivity contribution < 1.29 is 4.74 Å². The van der Waals surface area contributed by atoms with E-state index in [4.69, 9.17) is 22.1 Å². The molecule has 0 radical (unpaired) electrons. The van der Waals surface area contributed by atoms with Gasteiger partial charge in [-0.15, -0.1) is 11.3 Å². The summed E-state index contributed by atoms with van der Waals surface area (Å²) in [6, 6.07) is 2.00. The van der Waals surface area contributed by atoms with Gasteiger partial charge in [-0.3, -0.25) is 0 Å². The Bertz CT molecular complexity index is 294. The highest BCUT2D eigenvalue weighted by Crippen LogP contribution is 2.35. The zero-order chi connectivity index (χ0) is 9.31. The van der Waals surface area contributed by atoms with Crippen LogP contribution < -0.4 is 5.73 Å². The molecule has 1 fully saturated rings. The van der Waals surface area contributed by atoms with E-state index in [9.17, 15) is 0 Å². The normalized spacial score (nSPS) is 29.1. The fourth-order valence-electron chi connectivity index (χ4n) is 1.68. The number of rotatable bonds is 1. The van der Waals surface area contributed by atoms with E-state index in [1.165, 1.54) is 11.3 Å². The maximum absolute atomic E-state index is 6.22. The fourth-order valence-corrected chi connectivity index (χ4v) is 2.81. The third-order valence-electron chi connectivity index (χ3n) is 2.43. The van der Waals surface area contributed by atoms with Crippen LogP contribution >= 0.6 is 22.9 Å². The minimum Gasteiger partial charge on any atom is -0.379 e. The van der Waals surface area contributed by atoms with Gasteiger partial charge in [0.15, 0.2) is 0 Å². The molecule has 2 N–H and O–H groups in total. The van der Waals surface area contributed by atoms with Gasteiger partial charge >= 0.3 is 0 Å². The van der Waals surface area contributed by atoms with Gasteiger partial charge < -0.3 is 10.5 Å². The Hall–Kier alpha value is -0.0900. The van der Waals surface area contributed by atoms with Crippen molar-refractivity contribution >= 4 is 22.9 Å². The molecule has 4 heteroatoms. The van der Waals surface area contributed by atoms with Crippen LogP contribution in [0.1, 0.15) is 18.4 Å². The molecule has 2 nitrogen and oxygen atoms in total. The Labute approximate surface area is 86.6 Å². The van der Waals surface area contributed by atoms with E-state index in [1.807, 2.05) is 11.4 Å². The summed E-state index contributed by atoms with van der Waals surface area (Å²) in [6.07, 6.45) is 1.98. The summed E-state index contributed by atoms with van der Waals surface area (Å²) in [4.78, 5) is 0. The molecule has 0 saturated carbocycles. The van der Waals surface area contributed by atoms with Crippen LogP contribution in [0.4, 0.5) is 0 Å². The number of hydrogen-bond donors (Lipinski definition) is 1. The van der Waals surface area contributed by atoms with Crippen molar-refractivity contribution in [3.8, 4) is 0 Å². The molecule has 1 atom stereocenters. The minimum atomic E-state index is -0.352. The molecular formula is C9H12ClNOS. The summed E-state index contributed by atoms with van der Waals surface area (Å²) in [5.41, 5.74) is 6.91. The van der Waals surface area contributed by atoms with Crippen molar-refractivity contribution in [1.82, 2.24) is 0 Å².